The minimum absolute atomic E-state index is 0.117. The van der Waals surface area contributed by atoms with Gasteiger partial charge in [0.2, 0.25) is 0 Å². The number of amides is 3. The Morgan fingerprint density at radius 1 is 0.957 bits per heavy atom. The summed E-state index contributed by atoms with van der Waals surface area (Å²) in [5.41, 5.74) is 4.89. The standard InChI is InChI=1S/C17H19N3O3/c21-15-11-13-7-3-2-6-12(13)10-14(15)16(22)18-19-17(23)20-8-4-1-5-9-20/h2-3,6-7,10-11,21H,1,4-5,8-9H2,(H,18,22)(H,19,23). The number of nitrogens with zero attached hydrogens (tertiary/aromatic N) is 1. The van der Waals surface area contributed by atoms with Crippen LogP contribution in [0, 0.1) is 0 Å². The van der Waals surface area contributed by atoms with Gasteiger partial charge in [0.05, 0.1) is 5.56 Å². The first-order valence-electron chi connectivity index (χ1n) is 7.72. The smallest absolute Gasteiger partial charge is 0.336 e. The van der Waals surface area contributed by atoms with Gasteiger partial charge in [-0.25, -0.2) is 10.2 Å². The molecule has 1 heterocycles. The molecule has 0 atom stereocenters. The van der Waals surface area contributed by atoms with Crippen molar-refractivity contribution in [2.45, 2.75) is 19.3 Å². The summed E-state index contributed by atoms with van der Waals surface area (Å²) >= 11 is 0. The minimum atomic E-state index is -0.543. The van der Waals surface area contributed by atoms with Gasteiger partial charge in [-0.1, -0.05) is 24.3 Å². The van der Waals surface area contributed by atoms with E-state index >= 15 is 0 Å². The molecular formula is C17H19N3O3. The van der Waals surface area contributed by atoms with Crippen LogP contribution in [0.25, 0.3) is 10.8 Å². The molecule has 2 aromatic carbocycles. The van der Waals surface area contributed by atoms with Crippen LogP contribution in [0.2, 0.25) is 0 Å². The Labute approximate surface area is 134 Å². The van der Waals surface area contributed by atoms with Gasteiger partial charge in [-0.3, -0.25) is 10.2 Å². The molecule has 0 unspecified atom stereocenters. The molecule has 23 heavy (non-hydrogen) atoms. The highest BCUT2D eigenvalue weighted by Crippen LogP contribution is 2.24. The number of rotatable bonds is 1. The first-order chi connectivity index (χ1) is 11.1. The maximum absolute atomic E-state index is 12.2. The van der Waals surface area contributed by atoms with Crippen LogP contribution >= 0.6 is 0 Å². The Morgan fingerprint density at radius 2 is 1.61 bits per heavy atom. The maximum Gasteiger partial charge on any atom is 0.336 e. The zero-order valence-electron chi connectivity index (χ0n) is 12.7. The number of phenolic OH excluding ortho intramolecular Hbond substituents is 1. The lowest BCUT2D eigenvalue weighted by molar-refractivity contribution is 0.0925. The molecule has 6 heteroatoms. The van der Waals surface area contributed by atoms with Gasteiger partial charge in [0.25, 0.3) is 5.91 Å². The van der Waals surface area contributed by atoms with E-state index in [0.29, 0.717) is 13.1 Å². The Morgan fingerprint density at radius 3 is 2.30 bits per heavy atom. The number of carbonyl (C=O) groups is 2. The molecule has 0 aliphatic carbocycles. The first-order valence-corrected chi connectivity index (χ1v) is 7.72. The second-order valence-corrected chi connectivity index (χ2v) is 5.65. The Kier molecular flexibility index (Phi) is 4.32. The molecular weight excluding hydrogens is 294 g/mol. The summed E-state index contributed by atoms with van der Waals surface area (Å²) in [4.78, 5) is 25.8. The number of hydrazine groups is 1. The normalized spacial score (nSPS) is 14.5. The van der Waals surface area contributed by atoms with E-state index in [0.717, 1.165) is 30.0 Å². The van der Waals surface area contributed by atoms with Gasteiger partial charge in [-0.15, -0.1) is 0 Å². The number of benzene rings is 2. The summed E-state index contributed by atoms with van der Waals surface area (Å²) in [6, 6.07) is 10.3. The van der Waals surface area contributed by atoms with Crippen LogP contribution in [0.1, 0.15) is 29.6 Å². The van der Waals surface area contributed by atoms with Crippen LogP contribution in [0.15, 0.2) is 36.4 Å². The zero-order valence-corrected chi connectivity index (χ0v) is 12.7. The third-order valence-electron chi connectivity index (χ3n) is 4.03. The van der Waals surface area contributed by atoms with Crippen molar-refractivity contribution in [3.05, 3.63) is 42.0 Å². The van der Waals surface area contributed by atoms with E-state index in [2.05, 4.69) is 10.9 Å². The number of hydrogen-bond donors (Lipinski definition) is 3. The highest BCUT2D eigenvalue weighted by molar-refractivity contribution is 6.02. The van der Waals surface area contributed by atoms with Crippen LogP contribution in [0.5, 0.6) is 5.75 Å². The average molecular weight is 313 g/mol. The second-order valence-electron chi connectivity index (χ2n) is 5.65. The van der Waals surface area contributed by atoms with Crippen LogP contribution in [0.4, 0.5) is 4.79 Å². The van der Waals surface area contributed by atoms with Crippen LogP contribution < -0.4 is 10.9 Å². The van der Waals surface area contributed by atoms with Gasteiger partial charge in [0, 0.05) is 13.1 Å². The monoisotopic (exact) mass is 313 g/mol. The molecule has 0 spiro atoms. The Hall–Kier alpha value is -2.76. The zero-order chi connectivity index (χ0) is 16.2. The van der Waals surface area contributed by atoms with Crippen LogP contribution in [-0.4, -0.2) is 35.0 Å². The van der Waals surface area contributed by atoms with E-state index < -0.39 is 5.91 Å². The van der Waals surface area contributed by atoms with E-state index in [1.807, 2.05) is 24.3 Å². The van der Waals surface area contributed by atoms with E-state index in [9.17, 15) is 14.7 Å². The molecule has 3 rings (SSSR count). The molecule has 1 saturated heterocycles. The highest BCUT2D eigenvalue weighted by Gasteiger charge is 2.18. The lowest BCUT2D eigenvalue weighted by atomic mass is 10.1. The SMILES string of the molecule is O=C(NNC(=O)N1CCCCC1)c1cc2ccccc2cc1O. The van der Waals surface area contributed by atoms with Crippen molar-refractivity contribution >= 4 is 22.7 Å². The molecule has 120 valence electrons. The topological polar surface area (TPSA) is 81.7 Å². The number of fused-ring (bicyclic) bond motifs is 1. The van der Waals surface area contributed by atoms with Gasteiger partial charge in [0.1, 0.15) is 5.75 Å². The highest BCUT2D eigenvalue weighted by atomic mass is 16.3. The van der Waals surface area contributed by atoms with Gasteiger partial charge in [0.15, 0.2) is 0 Å². The molecule has 1 aliphatic heterocycles. The van der Waals surface area contributed by atoms with Crippen molar-refractivity contribution < 1.29 is 14.7 Å². The van der Waals surface area contributed by atoms with Gasteiger partial charge >= 0.3 is 6.03 Å². The number of aromatic hydroxyl groups is 1. The van der Waals surface area contributed by atoms with E-state index in [1.54, 1.807) is 11.0 Å². The average Bonchev–Trinajstić information content (AvgIpc) is 2.59. The lowest BCUT2D eigenvalue weighted by Crippen LogP contribution is -2.50. The third kappa shape index (κ3) is 3.36. The van der Waals surface area contributed by atoms with Crippen molar-refractivity contribution in [3.63, 3.8) is 0 Å². The molecule has 0 saturated carbocycles. The Bertz CT molecular complexity index is 739. The predicted molar refractivity (Wildman–Crippen MR) is 87.0 cm³/mol. The molecule has 0 radical (unpaired) electrons. The Balaban J connectivity index is 1.68. The van der Waals surface area contributed by atoms with Crippen molar-refractivity contribution in [3.8, 4) is 5.75 Å². The van der Waals surface area contributed by atoms with Crippen molar-refractivity contribution in [2.75, 3.05) is 13.1 Å². The predicted octanol–water partition coefficient (Wildman–Crippen LogP) is 2.39. The molecule has 3 N–H and O–H groups in total. The van der Waals surface area contributed by atoms with Crippen LogP contribution in [0.3, 0.4) is 0 Å². The molecule has 1 aliphatic rings. The second kappa shape index (κ2) is 6.56. The number of urea groups is 1. The summed E-state index contributed by atoms with van der Waals surface area (Å²) in [7, 11) is 0. The molecule has 0 bridgehead atoms. The number of hydrogen-bond acceptors (Lipinski definition) is 3. The molecule has 2 aromatic rings. The third-order valence-corrected chi connectivity index (χ3v) is 4.03. The van der Waals surface area contributed by atoms with Gasteiger partial charge in [-0.2, -0.15) is 0 Å². The van der Waals surface area contributed by atoms with E-state index in [4.69, 9.17) is 0 Å². The van der Waals surface area contributed by atoms with Crippen molar-refractivity contribution in [1.82, 2.24) is 15.8 Å². The van der Waals surface area contributed by atoms with E-state index in [1.165, 1.54) is 6.07 Å². The molecule has 0 aromatic heterocycles. The summed E-state index contributed by atoms with van der Waals surface area (Å²) in [6.45, 7) is 1.39. The molecule has 1 fully saturated rings. The fourth-order valence-corrected chi connectivity index (χ4v) is 2.76. The number of likely N-dealkylation sites (tertiary alicyclic amines) is 1. The first kappa shape index (κ1) is 15.1. The summed E-state index contributed by atoms with van der Waals surface area (Å²) in [6.07, 6.45) is 3.08. The van der Waals surface area contributed by atoms with Crippen molar-refractivity contribution in [2.24, 2.45) is 0 Å². The minimum Gasteiger partial charge on any atom is -0.507 e. The maximum atomic E-state index is 12.2. The fourth-order valence-electron chi connectivity index (χ4n) is 2.76. The van der Waals surface area contributed by atoms with Crippen molar-refractivity contribution in [1.29, 1.82) is 0 Å². The van der Waals surface area contributed by atoms with Gasteiger partial charge in [-0.05, 0) is 42.2 Å². The number of piperidine rings is 1. The number of nitrogens with one attached hydrogen (secondary N) is 2. The summed E-state index contributed by atoms with van der Waals surface area (Å²) < 4.78 is 0. The number of phenols is 1. The number of carbonyl (C=O) groups excluding carboxylic acids is 2. The summed E-state index contributed by atoms with van der Waals surface area (Å²) in [5.74, 6) is -0.660. The lowest BCUT2D eigenvalue weighted by Gasteiger charge is -2.26. The quantitative estimate of drug-likeness (QED) is 0.707. The van der Waals surface area contributed by atoms with Crippen LogP contribution in [-0.2, 0) is 0 Å². The molecule has 6 nitrogen and oxygen atoms in total. The largest absolute Gasteiger partial charge is 0.507 e. The summed E-state index contributed by atoms with van der Waals surface area (Å²) in [5, 5.41) is 11.7. The fraction of sp³-hybridized carbons (Fsp3) is 0.294. The van der Waals surface area contributed by atoms with Gasteiger partial charge < -0.3 is 10.0 Å². The van der Waals surface area contributed by atoms with E-state index in [-0.39, 0.29) is 17.3 Å². The molecule has 3 amide bonds.